The number of hydrogen-bond acceptors (Lipinski definition) is 6. The molecule has 1 aliphatic rings. The van der Waals surface area contributed by atoms with Gasteiger partial charge in [-0.3, -0.25) is 14.6 Å². The Hall–Kier alpha value is -2.90. The molecule has 1 amide bonds. The number of amides is 1. The van der Waals surface area contributed by atoms with E-state index >= 15 is 0 Å². The maximum absolute atomic E-state index is 13.0. The van der Waals surface area contributed by atoms with Gasteiger partial charge < -0.3 is 19.6 Å². The second-order valence-electron chi connectivity index (χ2n) is 7.51. The Balaban J connectivity index is 2.08. The van der Waals surface area contributed by atoms with Crippen LogP contribution in [0.15, 0.2) is 48.3 Å². The molecule has 1 atom stereocenters. The quantitative estimate of drug-likeness (QED) is 0.382. The predicted octanol–water partition coefficient (Wildman–Crippen LogP) is 3.51. The number of halogens is 1. The van der Waals surface area contributed by atoms with Gasteiger partial charge in [-0.25, -0.2) is 0 Å². The molecule has 1 aliphatic heterocycles. The van der Waals surface area contributed by atoms with Crippen LogP contribution in [-0.4, -0.2) is 65.4 Å². The molecule has 2 heterocycles. The van der Waals surface area contributed by atoms with Gasteiger partial charge in [0.25, 0.3) is 11.7 Å². The molecule has 1 saturated heterocycles. The highest BCUT2D eigenvalue weighted by atomic mass is 35.5. The summed E-state index contributed by atoms with van der Waals surface area (Å²) in [6.45, 7) is 3.38. The lowest BCUT2D eigenvalue weighted by molar-refractivity contribution is -0.139. The molecule has 1 fully saturated rings. The fourth-order valence-corrected chi connectivity index (χ4v) is 3.80. The van der Waals surface area contributed by atoms with E-state index in [0.717, 1.165) is 6.54 Å². The van der Waals surface area contributed by atoms with E-state index in [1.54, 1.807) is 42.7 Å². The van der Waals surface area contributed by atoms with Crippen LogP contribution in [0.3, 0.4) is 0 Å². The molecule has 0 aliphatic carbocycles. The monoisotopic (exact) mass is 443 g/mol. The minimum Gasteiger partial charge on any atom is -0.507 e. The van der Waals surface area contributed by atoms with Gasteiger partial charge in [0.1, 0.15) is 11.5 Å². The highest BCUT2D eigenvalue weighted by Gasteiger charge is 2.45. The van der Waals surface area contributed by atoms with Crippen molar-refractivity contribution in [3.8, 4) is 5.75 Å². The van der Waals surface area contributed by atoms with Gasteiger partial charge >= 0.3 is 0 Å². The SMILES string of the molecule is CCOc1cc(/C(O)=C2/C(=O)C(=O)N(CCCN(C)C)C2c2ccncc2)ccc1Cl. The number of rotatable bonds is 8. The highest BCUT2D eigenvalue weighted by Crippen LogP contribution is 2.40. The van der Waals surface area contributed by atoms with Crippen LogP contribution in [-0.2, 0) is 9.59 Å². The first-order chi connectivity index (χ1) is 14.8. The van der Waals surface area contributed by atoms with Crippen molar-refractivity contribution in [3.05, 3.63) is 64.4 Å². The normalized spacial score (nSPS) is 18.1. The molecule has 164 valence electrons. The largest absolute Gasteiger partial charge is 0.507 e. The molecule has 0 saturated carbocycles. The summed E-state index contributed by atoms with van der Waals surface area (Å²) in [5, 5.41) is 11.5. The Morgan fingerprint density at radius 2 is 1.94 bits per heavy atom. The first-order valence-electron chi connectivity index (χ1n) is 10.1. The third-order valence-corrected chi connectivity index (χ3v) is 5.38. The second-order valence-corrected chi connectivity index (χ2v) is 7.92. The summed E-state index contributed by atoms with van der Waals surface area (Å²) in [5.74, 6) is -1.19. The molecule has 7 nitrogen and oxygen atoms in total. The molecular formula is C23H26ClN3O4. The number of carbonyl (C=O) groups excluding carboxylic acids is 2. The first kappa shape index (κ1) is 22.8. The fourth-order valence-electron chi connectivity index (χ4n) is 3.63. The number of aliphatic hydroxyl groups is 1. The van der Waals surface area contributed by atoms with E-state index in [1.807, 2.05) is 25.9 Å². The molecule has 31 heavy (non-hydrogen) atoms. The Morgan fingerprint density at radius 3 is 2.58 bits per heavy atom. The van der Waals surface area contributed by atoms with Gasteiger partial charge in [-0.1, -0.05) is 11.6 Å². The van der Waals surface area contributed by atoms with Crippen LogP contribution in [0.2, 0.25) is 5.02 Å². The number of aliphatic hydroxyl groups excluding tert-OH is 1. The molecule has 1 unspecified atom stereocenters. The van der Waals surface area contributed by atoms with E-state index in [-0.39, 0.29) is 11.3 Å². The molecule has 1 N–H and O–H groups in total. The summed E-state index contributed by atoms with van der Waals surface area (Å²) in [7, 11) is 3.90. The molecule has 0 radical (unpaired) electrons. The zero-order valence-electron chi connectivity index (χ0n) is 17.8. The van der Waals surface area contributed by atoms with Crippen LogP contribution in [0.4, 0.5) is 0 Å². The maximum Gasteiger partial charge on any atom is 0.295 e. The fraction of sp³-hybridized carbons (Fsp3) is 0.348. The van der Waals surface area contributed by atoms with Crippen molar-refractivity contribution in [1.29, 1.82) is 0 Å². The van der Waals surface area contributed by atoms with Gasteiger partial charge in [-0.15, -0.1) is 0 Å². The number of pyridine rings is 1. The minimum absolute atomic E-state index is 0.0471. The van der Waals surface area contributed by atoms with Gasteiger partial charge in [0.15, 0.2) is 0 Å². The lowest BCUT2D eigenvalue weighted by atomic mass is 9.96. The summed E-state index contributed by atoms with van der Waals surface area (Å²) in [4.78, 5) is 33.5. The van der Waals surface area contributed by atoms with Crippen molar-refractivity contribution in [1.82, 2.24) is 14.8 Å². The van der Waals surface area contributed by atoms with Crippen molar-refractivity contribution in [2.45, 2.75) is 19.4 Å². The lowest BCUT2D eigenvalue weighted by Crippen LogP contribution is -2.32. The van der Waals surface area contributed by atoms with E-state index in [2.05, 4.69) is 4.98 Å². The average Bonchev–Trinajstić information content (AvgIpc) is 3.00. The van der Waals surface area contributed by atoms with Crippen LogP contribution in [0.5, 0.6) is 5.75 Å². The van der Waals surface area contributed by atoms with Gasteiger partial charge in [-0.05, 0) is 69.9 Å². The van der Waals surface area contributed by atoms with E-state index in [1.165, 1.54) is 4.90 Å². The minimum atomic E-state index is -0.711. The zero-order valence-corrected chi connectivity index (χ0v) is 18.6. The van der Waals surface area contributed by atoms with Crippen LogP contribution >= 0.6 is 11.6 Å². The summed E-state index contributed by atoms with van der Waals surface area (Å²) < 4.78 is 5.51. The Morgan fingerprint density at radius 1 is 1.23 bits per heavy atom. The van der Waals surface area contributed by atoms with Crippen LogP contribution in [0.25, 0.3) is 5.76 Å². The first-order valence-corrected chi connectivity index (χ1v) is 10.5. The van der Waals surface area contributed by atoms with Crippen molar-refractivity contribution in [3.63, 3.8) is 0 Å². The molecule has 3 rings (SSSR count). The van der Waals surface area contributed by atoms with Gasteiger partial charge in [0.2, 0.25) is 0 Å². The van der Waals surface area contributed by atoms with Gasteiger partial charge in [0.05, 0.1) is 23.2 Å². The highest BCUT2D eigenvalue weighted by molar-refractivity contribution is 6.46. The molecule has 8 heteroatoms. The summed E-state index contributed by atoms with van der Waals surface area (Å²) in [5.41, 5.74) is 1.11. The Labute approximate surface area is 186 Å². The zero-order chi connectivity index (χ0) is 22.5. The number of benzene rings is 1. The number of ether oxygens (including phenoxy) is 1. The topological polar surface area (TPSA) is 83.0 Å². The van der Waals surface area contributed by atoms with E-state index < -0.39 is 17.7 Å². The van der Waals surface area contributed by atoms with Crippen LogP contribution < -0.4 is 4.74 Å². The maximum atomic E-state index is 13.0. The van der Waals surface area contributed by atoms with E-state index in [9.17, 15) is 14.7 Å². The average molecular weight is 444 g/mol. The predicted molar refractivity (Wildman–Crippen MR) is 119 cm³/mol. The molecular weight excluding hydrogens is 418 g/mol. The van der Waals surface area contributed by atoms with Crippen molar-refractivity contribution < 1.29 is 19.4 Å². The van der Waals surface area contributed by atoms with E-state index in [4.69, 9.17) is 16.3 Å². The second kappa shape index (κ2) is 9.94. The number of hydrogen-bond donors (Lipinski definition) is 1. The van der Waals surface area contributed by atoms with Crippen molar-refractivity contribution in [2.24, 2.45) is 0 Å². The molecule has 2 aromatic rings. The molecule has 1 aromatic heterocycles. The molecule has 0 spiro atoms. The summed E-state index contributed by atoms with van der Waals surface area (Å²) in [6.07, 6.45) is 3.90. The molecule has 0 bridgehead atoms. The lowest BCUT2D eigenvalue weighted by Gasteiger charge is -2.25. The standard InChI is InChI=1S/C23H26ClN3O4/c1-4-31-18-14-16(6-7-17(18)24)21(28)19-20(15-8-10-25-11-9-15)27(23(30)22(19)29)13-5-12-26(2)3/h6-11,14,20,28H,4-5,12-13H2,1-3H3/b21-19-. The smallest absolute Gasteiger partial charge is 0.295 e. The van der Waals surface area contributed by atoms with E-state index in [0.29, 0.717) is 41.5 Å². The van der Waals surface area contributed by atoms with Crippen molar-refractivity contribution in [2.75, 3.05) is 33.8 Å². The summed E-state index contributed by atoms with van der Waals surface area (Å²) >= 11 is 6.16. The van der Waals surface area contributed by atoms with Gasteiger partial charge in [0, 0.05) is 24.5 Å². The van der Waals surface area contributed by atoms with Gasteiger partial charge in [-0.2, -0.15) is 0 Å². The Bertz CT molecular complexity index is 992. The molecule has 1 aromatic carbocycles. The Kier molecular flexibility index (Phi) is 7.30. The third kappa shape index (κ3) is 4.89. The van der Waals surface area contributed by atoms with Crippen molar-refractivity contribution >= 4 is 29.1 Å². The summed E-state index contributed by atoms with van der Waals surface area (Å²) in [6, 6.07) is 7.56. The van der Waals surface area contributed by atoms with Crippen LogP contribution in [0, 0.1) is 0 Å². The third-order valence-electron chi connectivity index (χ3n) is 5.07. The van der Waals surface area contributed by atoms with Crippen LogP contribution in [0.1, 0.15) is 30.5 Å². The number of carbonyl (C=O) groups is 2. The number of ketones is 1. The number of aromatic nitrogens is 1. The number of likely N-dealkylation sites (tertiary alicyclic amines) is 1. The number of nitrogens with zero attached hydrogens (tertiary/aromatic N) is 3. The number of Topliss-reactive ketones (excluding diaryl/α,β-unsaturated/α-hetero) is 1.